The average molecular weight is 826 g/mol. The number of anilines is 3. The molecule has 0 saturated heterocycles. The molecule has 0 unspecified atom stereocenters. The molecule has 0 amide bonds. The van der Waals surface area contributed by atoms with E-state index < -0.39 is 10.0 Å². The lowest BCUT2D eigenvalue weighted by Gasteiger charge is -2.42. The summed E-state index contributed by atoms with van der Waals surface area (Å²) in [6, 6.07) is 88.9. The summed E-state index contributed by atoms with van der Waals surface area (Å²) in [7, 11) is -1.82. The van der Waals surface area contributed by atoms with Crippen LogP contribution in [-0.2, 0) is 0 Å². The molecule has 0 fully saturated rings. The Morgan fingerprint density at radius 1 is 0.302 bits per heavy atom. The Bertz CT molecular complexity index is 2910. The van der Waals surface area contributed by atoms with Crippen LogP contribution in [0.15, 0.2) is 293 Å². The van der Waals surface area contributed by atoms with Crippen molar-refractivity contribution < 1.29 is 0 Å². The minimum absolute atomic E-state index is 0.908. The molecule has 9 aromatic rings. The summed E-state index contributed by atoms with van der Waals surface area (Å²) < 4.78 is 0. The quantitative estimate of drug-likeness (QED) is 0.126. The van der Waals surface area contributed by atoms with Crippen molar-refractivity contribution in [3.8, 4) is 33.4 Å². The van der Waals surface area contributed by atoms with Crippen LogP contribution in [0.1, 0.15) is 12.0 Å². The SMILES string of the molecule is C1=CC=C(c2ccc(N(c3ccc(-c4ccc(-c5ccccc5)c(-c5ccccc5)c4)cc3)c3ccc(S(c4ccccc4)(c4ccccc4)c4ccccc4)cc3)cc2)CC=C1. The summed E-state index contributed by atoms with van der Waals surface area (Å²) in [5, 5.41) is 0. The molecule has 0 atom stereocenters. The van der Waals surface area contributed by atoms with Crippen molar-refractivity contribution in [3.05, 3.63) is 279 Å². The van der Waals surface area contributed by atoms with Gasteiger partial charge < -0.3 is 4.90 Å². The van der Waals surface area contributed by atoms with E-state index in [1.165, 1.54) is 64.1 Å². The molecule has 0 saturated carbocycles. The molecule has 2 heteroatoms. The zero-order valence-corrected chi connectivity index (χ0v) is 35.9. The third kappa shape index (κ3) is 8.01. The molecular weight excluding hydrogens is 779 g/mol. The molecule has 0 heterocycles. The summed E-state index contributed by atoms with van der Waals surface area (Å²) in [6.45, 7) is 0. The molecule has 10 rings (SSSR count). The van der Waals surface area contributed by atoms with Crippen LogP contribution in [0.25, 0.3) is 39.0 Å². The van der Waals surface area contributed by atoms with Gasteiger partial charge in [-0.25, -0.2) is 0 Å². The second-order valence-corrected chi connectivity index (χ2v) is 18.8. The number of nitrogens with zero attached hydrogens (tertiary/aromatic N) is 1. The third-order valence-corrected chi connectivity index (χ3v) is 15.8. The van der Waals surface area contributed by atoms with Crippen LogP contribution in [0, 0.1) is 0 Å². The van der Waals surface area contributed by atoms with Crippen molar-refractivity contribution in [1.29, 1.82) is 0 Å². The Balaban J connectivity index is 1.08. The van der Waals surface area contributed by atoms with Gasteiger partial charge in [0.25, 0.3) is 0 Å². The first-order valence-corrected chi connectivity index (χ1v) is 23.3. The minimum atomic E-state index is -1.82. The summed E-state index contributed by atoms with van der Waals surface area (Å²) in [5.74, 6) is 0. The molecule has 1 aliphatic rings. The van der Waals surface area contributed by atoms with E-state index in [0.29, 0.717) is 0 Å². The van der Waals surface area contributed by atoms with Crippen LogP contribution in [0.5, 0.6) is 0 Å². The zero-order chi connectivity index (χ0) is 42.3. The van der Waals surface area contributed by atoms with Crippen molar-refractivity contribution in [2.45, 2.75) is 26.0 Å². The van der Waals surface area contributed by atoms with Crippen LogP contribution in [-0.4, -0.2) is 0 Å². The van der Waals surface area contributed by atoms with Crippen molar-refractivity contribution in [2.24, 2.45) is 0 Å². The first-order chi connectivity index (χ1) is 31.3. The molecule has 63 heavy (non-hydrogen) atoms. The van der Waals surface area contributed by atoms with Crippen LogP contribution >= 0.6 is 10.0 Å². The lowest BCUT2D eigenvalue weighted by Crippen LogP contribution is -2.10. The van der Waals surface area contributed by atoms with Crippen LogP contribution in [0.2, 0.25) is 0 Å². The van der Waals surface area contributed by atoms with E-state index in [2.05, 4.69) is 278 Å². The molecule has 0 bridgehead atoms. The maximum Gasteiger partial charge on any atom is 0.0462 e. The average Bonchev–Trinajstić information content (AvgIpc) is 3.67. The van der Waals surface area contributed by atoms with Crippen LogP contribution in [0.4, 0.5) is 17.1 Å². The van der Waals surface area contributed by atoms with Gasteiger partial charge >= 0.3 is 0 Å². The highest BCUT2D eigenvalue weighted by molar-refractivity contribution is 8.34. The fourth-order valence-electron chi connectivity index (χ4n) is 8.81. The Morgan fingerprint density at radius 2 is 0.714 bits per heavy atom. The van der Waals surface area contributed by atoms with Gasteiger partial charge in [-0.15, -0.1) is 10.0 Å². The fraction of sp³-hybridized carbons (Fsp3) is 0.0164. The minimum Gasteiger partial charge on any atom is -0.311 e. The van der Waals surface area contributed by atoms with E-state index >= 15 is 0 Å². The largest absolute Gasteiger partial charge is 0.311 e. The number of hydrogen-bond acceptors (Lipinski definition) is 1. The third-order valence-electron chi connectivity index (χ3n) is 11.9. The molecule has 0 aliphatic heterocycles. The molecule has 0 radical (unpaired) electrons. The van der Waals surface area contributed by atoms with E-state index in [1.807, 2.05) is 0 Å². The smallest absolute Gasteiger partial charge is 0.0462 e. The summed E-state index contributed by atoms with van der Waals surface area (Å²) >= 11 is 0. The van der Waals surface area contributed by atoms with E-state index in [1.54, 1.807) is 0 Å². The van der Waals surface area contributed by atoms with Crippen LogP contribution < -0.4 is 4.90 Å². The first-order valence-electron chi connectivity index (χ1n) is 21.6. The molecule has 9 aromatic carbocycles. The van der Waals surface area contributed by atoms with Crippen molar-refractivity contribution in [3.63, 3.8) is 0 Å². The molecule has 0 N–H and O–H groups in total. The highest BCUT2D eigenvalue weighted by Gasteiger charge is 2.33. The van der Waals surface area contributed by atoms with Crippen LogP contribution in [0.3, 0.4) is 0 Å². The van der Waals surface area contributed by atoms with Gasteiger partial charge in [0, 0.05) is 36.6 Å². The maximum absolute atomic E-state index is 2.39. The van der Waals surface area contributed by atoms with E-state index in [9.17, 15) is 0 Å². The van der Waals surface area contributed by atoms with E-state index in [-0.39, 0.29) is 0 Å². The lowest BCUT2D eigenvalue weighted by molar-refractivity contribution is 1.22. The molecular formula is C61H47NS. The molecule has 1 nitrogen and oxygen atoms in total. The van der Waals surface area contributed by atoms with Crippen molar-refractivity contribution in [1.82, 2.24) is 0 Å². The number of benzene rings is 9. The topological polar surface area (TPSA) is 3.24 Å². The Morgan fingerprint density at radius 3 is 1.22 bits per heavy atom. The maximum atomic E-state index is 2.39. The molecule has 1 aliphatic carbocycles. The second kappa shape index (κ2) is 18.1. The number of hydrogen-bond donors (Lipinski definition) is 0. The number of allylic oxidation sites excluding steroid dienone is 6. The standard InChI is InChI=1S/C61H47NS/c1-2-9-21-47(20-8-1)48-32-37-53(38-33-48)62(54-39-34-49(35-40-54)52-36-45-60(50-22-10-3-11-23-50)61(46-52)51-24-12-4-13-25-51)55-41-43-59(44-42-55)63(56-26-14-5-15-27-56,57-28-16-6-17-29-57)58-30-18-7-19-31-58/h1-20,22-46H,21H2. The van der Waals surface area contributed by atoms with Gasteiger partial charge in [-0.2, -0.15) is 0 Å². The fourth-order valence-corrected chi connectivity index (χ4v) is 12.7. The van der Waals surface area contributed by atoms with Gasteiger partial charge in [0.2, 0.25) is 0 Å². The first kappa shape index (κ1) is 39.5. The molecule has 0 spiro atoms. The Hall–Kier alpha value is -7.65. The molecule has 302 valence electrons. The van der Waals surface area contributed by atoms with Gasteiger partial charge in [-0.3, -0.25) is 0 Å². The van der Waals surface area contributed by atoms with Gasteiger partial charge in [0.05, 0.1) is 0 Å². The van der Waals surface area contributed by atoms with Gasteiger partial charge in [0.15, 0.2) is 0 Å². The predicted molar refractivity (Wildman–Crippen MR) is 268 cm³/mol. The summed E-state index contributed by atoms with van der Waals surface area (Å²) in [4.78, 5) is 7.60. The summed E-state index contributed by atoms with van der Waals surface area (Å²) in [5.41, 5.74) is 13.1. The monoisotopic (exact) mass is 825 g/mol. The Kier molecular flexibility index (Phi) is 11.4. The highest BCUT2D eigenvalue weighted by atomic mass is 32.3. The summed E-state index contributed by atoms with van der Waals surface area (Å²) in [6.07, 6.45) is 11.7. The van der Waals surface area contributed by atoms with E-state index in [4.69, 9.17) is 0 Å². The lowest BCUT2D eigenvalue weighted by atomic mass is 9.91. The zero-order valence-electron chi connectivity index (χ0n) is 35.0. The van der Waals surface area contributed by atoms with Gasteiger partial charge in [-0.05, 0) is 142 Å². The number of rotatable bonds is 11. The van der Waals surface area contributed by atoms with Crippen molar-refractivity contribution in [2.75, 3.05) is 4.90 Å². The second-order valence-electron chi connectivity index (χ2n) is 15.7. The highest BCUT2D eigenvalue weighted by Crippen LogP contribution is 2.73. The van der Waals surface area contributed by atoms with Gasteiger partial charge in [0.1, 0.15) is 0 Å². The van der Waals surface area contributed by atoms with E-state index in [0.717, 1.165) is 23.5 Å². The Labute approximate surface area is 373 Å². The molecule has 0 aromatic heterocycles. The van der Waals surface area contributed by atoms with Crippen molar-refractivity contribution >= 4 is 32.7 Å². The predicted octanol–water partition coefficient (Wildman–Crippen LogP) is 17.4. The van der Waals surface area contributed by atoms with Gasteiger partial charge in [-0.1, -0.05) is 182 Å². The normalized spacial score (nSPS) is 12.6.